The molecular formula is C16H17ClF3N3. The molecule has 0 atom stereocenters. The summed E-state index contributed by atoms with van der Waals surface area (Å²) in [6, 6.07) is 1.29. The topological polar surface area (TPSA) is 21.1 Å². The van der Waals surface area contributed by atoms with Gasteiger partial charge in [0.1, 0.15) is 17.3 Å². The second kappa shape index (κ2) is 6.07. The van der Waals surface area contributed by atoms with Gasteiger partial charge in [-0.15, -0.1) is 0 Å². The van der Waals surface area contributed by atoms with Crippen LogP contribution in [0.4, 0.5) is 19.0 Å². The second-order valence-corrected chi connectivity index (χ2v) is 6.35. The van der Waals surface area contributed by atoms with Gasteiger partial charge in [0, 0.05) is 25.2 Å². The van der Waals surface area contributed by atoms with E-state index in [0.717, 1.165) is 25.9 Å². The standard InChI is InChI=1S/C16H17ClF3N3/c1-9-3-5-22(6-4-9)15-10(2)21-16(17)23(15)14-12(19)7-11(18)8-13(14)20/h7-9H,3-6H2,1-2H3. The predicted molar refractivity (Wildman–Crippen MR) is 83.8 cm³/mol. The van der Waals surface area contributed by atoms with Crippen molar-refractivity contribution in [3.05, 3.63) is 40.6 Å². The highest BCUT2D eigenvalue weighted by Crippen LogP contribution is 2.34. The molecule has 3 nitrogen and oxygen atoms in total. The monoisotopic (exact) mass is 343 g/mol. The lowest BCUT2D eigenvalue weighted by molar-refractivity contribution is 0.434. The zero-order valence-corrected chi connectivity index (χ0v) is 13.7. The van der Waals surface area contributed by atoms with Gasteiger partial charge in [-0.05, 0) is 37.3 Å². The van der Waals surface area contributed by atoms with Crippen LogP contribution in [0.25, 0.3) is 5.69 Å². The van der Waals surface area contributed by atoms with E-state index in [1.807, 2.05) is 4.90 Å². The number of imidazole rings is 1. The Kier molecular flexibility index (Phi) is 4.27. The van der Waals surface area contributed by atoms with Crippen LogP contribution in [-0.2, 0) is 0 Å². The molecule has 7 heteroatoms. The number of piperidine rings is 1. The van der Waals surface area contributed by atoms with Gasteiger partial charge in [0.25, 0.3) is 0 Å². The summed E-state index contributed by atoms with van der Waals surface area (Å²) in [4.78, 5) is 6.17. The number of aromatic nitrogens is 2. The van der Waals surface area contributed by atoms with Crippen molar-refractivity contribution in [1.29, 1.82) is 0 Å². The molecule has 1 aromatic carbocycles. The predicted octanol–water partition coefficient (Wildman–Crippen LogP) is 4.49. The number of nitrogens with zero attached hydrogens (tertiary/aromatic N) is 3. The molecule has 2 aromatic rings. The summed E-state index contributed by atoms with van der Waals surface area (Å²) >= 11 is 6.11. The summed E-state index contributed by atoms with van der Waals surface area (Å²) < 4.78 is 42.8. The van der Waals surface area contributed by atoms with Crippen LogP contribution < -0.4 is 4.90 Å². The average Bonchev–Trinajstić information content (AvgIpc) is 2.74. The molecule has 1 aliphatic rings. The molecule has 2 heterocycles. The van der Waals surface area contributed by atoms with E-state index in [0.29, 0.717) is 29.6 Å². The lowest BCUT2D eigenvalue weighted by Gasteiger charge is -2.33. The molecule has 0 aliphatic carbocycles. The molecule has 0 N–H and O–H groups in total. The van der Waals surface area contributed by atoms with Crippen molar-refractivity contribution in [3.63, 3.8) is 0 Å². The fourth-order valence-electron chi connectivity index (χ4n) is 3.02. The molecule has 0 spiro atoms. The molecule has 1 aromatic heterocycles. The maximum atomic E-state index is 14.2. The molecular weight excluding hydrogens is 327 g/mol. The highest BCUT2D eigenvalue weighted by molar-refractivity contribution is 6.29. The minimum Gasteiger partial charge on any atom is -0.356 e. The number of benzene rings is 1. The van der Waals surface area contributed by atoms with E-state index in [2.05, 4.69) is 11.9 Å². The number of rotatable bonds is 2. The van der Waals surface area contributed by atoms with Gasteiger partial charge >= 0.3 is 0 Å². The van der Waals surface area contributed by atoms with Crippen molar-refractivity contribution in [2.24, 2.45) is 5.92 Å². The smallest absolute Gasteiger partial charge is 0.209 e. The summed E-state index contributed by atoms with van der Waals surface area (Å²) in [5.41, 5.74) is 0.193. The van der Waals surface area contributed by atoms with E-state index in [1.54, 1.807) is 6.92 Å². The Morgan fingerprint density at radius 2 is 1.70 bits per heavy atom. The van der Waals surface area contributed by atoms with E-state index in [1.165, 1.54) is 4.57 Å². The molecule has 0 unspecified atom stereocenters. The van der Waals surface area contributed by atoms with E-state index >= 15 is 0 Å². The van der Waals surface area contributed by atoms with Crippen LogP contribution in [0.1, 0.15) is 25.5 Å². The fraction of sp³-hybridized carbons (Fsp3) is 0.438. The highest BCUT2D eigenvalue weighted by atomic mass is 35.5. The Morgan fingerprint density at radius 3 is 2.26 bits per heavy atom. The van der Waals surface area contributed by atoms with Gasteiger partial charge in [0.2, 0.25) is 5.28 Å². The van der Waals surface area contributed by atoms with Crippen molar-refractivity contribution in [2.75, 3.05) is 18.0 Å². The van der Waals surface area contributed by atoms with Gasteiger partial charge < -0.3 is 4.90 Å². The normalized spacial score (nSPS) is 16.2. The minimum atomic E-state index is -1.01. The molecule has 1 saturated heterocycles. The first kappa shape index (κ1) is 16.2. The third-order valence-corrected chi connectivity index (χ3v) is 4.52. The summed E-state index contributed by atoms with van der Waals surface area (Å²) in [7, 11) is 0. The third-order valence-electron chi connectivity index (χ3n) is 4.27. The van der Waals surface area contributed by atoms with E-state index in [-0.39, 0.29) is 5.28 Å². The maximum absolute atomic E-state index is 14.2. The Hall–Kier alpha value is -1.69. The van der Waals surface area contributed by atoms with Crippen LogP contribution in [0.2, 0.25) is 5.28 Å². The molecule has 23 heavy (non-hydrogen) atoms. The Morgan fingerprint density at radius 1 is 1.13 bits per heavy atom. The van der Waals surface area contributed by atoms with Crippen molar-refractivity contribution in [1.82, 2.24) is 9.55 Å². The van der Waals surface area contributed by atoms with Crippen molar-refractivity contribution >= 4 is 17.4 Å². The highest BCUT2D eigenvalue weighted by Gasteiger charge is 2.27. The number of aryl methyl sites for hydroxylation is 1. The molecule has 0 saturated carbocycles. The Balaban J connectivity index is 2.14. The molecule has 1 fully saturated rings. The third kappa shape index (κ3) is 2.92. The van der Waals surface area contributed by atoms with Gasteiger partial charge in [-0.3, -0.25) is 4.57 Å². The minimum absolute atomic E-state index is 0.0412. The second-order valence-electron chi connectivity index (χ2n) is 6.01. The summed E-state index contributed by atoms with van der Waals surface area (Å²) in [5, 5.41) is -0.0412. The van der Waals surface area contributed by atoms with Gasteiger partial charge in [-0.25, -0.2) is 18.2 Å². The number of hydrogen-bond donors (Lipinski definition) is 0. The number of hydrogen-bond acceptors (Lipinski definition) is 2. The SMILES string of the molecule is Cc1nc(Cl)n(-c2c(F)cc(F)cc2F)c1N1CCC(C)CC1. The van der Waals surface area contributed by atoms with E-state index < -0.39 is 23.1 Å². The van der Waals surface area contributed by atoms with Crippen molar-refractivity contribution in [2.45, 2.75) is 26.7 Å². The van der Waals surface area contributed by atoms with Crippen molar-refractivity contribution in [3.8, 4) is 5.69 Å². The largest absolute Gasteiger partial charge is 0.356 e. The molecule has 124 valence electrons. The first-order valence-corrected chi connectivity index (χ1v) is 7.91. The summed E-state index contributed by atoms with van der Waals surface area (Å²) in [5.74, 6) is -1.81. The zero-order valence-electron chi connectivity index (χ0n) is 12.9. The molecule has 1 aliphatic heterocycles. The van der Waals surface area contributed by atoms with Crippen molar-refractivity contribution < 1.29 is 13.2 Å². The number of anilines is 1. The number of halogens is 4. The molecule has 0 radical (unpaired) electrons. The first-order chi connectivity index (χ1) is 10.9. The molecule has 3 rings (SSSR count). The molecule has 0 bridgehead atoms. The average molecular weight is 344 g/mol. The van der Waals surface area contributed by atoms with Gasteiger partial charge in [-0.1, -0.05) is 6.92 Å². The fourth-order valence-corrected chi connectivity index (χ4v) is 3.32. The van der Waals surface area contributed by atoms with Crippen LogP contribution in [0, 0.1) is 30.3 Å². The summed E-state index contributed by atoms with van der Waals surface area (Å²) in [6.45, 7) is 5.44. The van der Waals surface area contributed by atoms with E-state index in [4.69, 9.17) is 11.6 Å². The Bertz CT molecular complexity index is 713. The molecule has 0 amide bonds. The quantitative estimate of drug-likeness (QED) is 0.801. The van der Waals surface area contributed by atoms with Crippen LogP contribution in [0.5, 0.6) is 0 Å². The Labute approximate surface area is 137 Å². The van der Waals surface area contributed by atoms with Gasteiger partial charge in [-0.2, -0.15) is 0 Å². The summed E-state index contributed by atoms with van der Waals surface area (Å²) in [6.07, 6.45) is 1.97. The van der Waals surface area contributed by atoms with Gasteiger partial charge in [0.05, 0.1) is 5.69 Å². The van der Waals surface area contributed by atoms with Gasteiger partial charge in [0.15, 0.2) is 11.6 Å². The maximum Gasteiger partial charge on any atom is 0.209 e. The lowest BCUT2D eigenvalue weighted by atomic mass is 9.99. The van der Waals surface area contributed by atoms with Crippen LogP contribution in [-0.4, -0.2) is 22.6 Å². The van der Waals surface area contributed by atoms with Crippen LogP contribution in [0.15, 0.2) is 12.1 Å². The zero-order chi connectivity index (χ0) is 16.7. The lowest BCUT2D eigenvalue weighted by Crippen LogP contribution is -2.34. The first-order valence-electron chi connectivity index (χ1n) is 7.53. The van der Waals surface area contributed by atoms with Crippen LogP contribution in [0.3, 0.4) is 0 Å². The van der Waals surface area contributed by atoms with Crippen LogP contribution >= 0.6 is 11.6 Å². The van der Waals surface area contributed by atoms with E-state index in [9.17, 15) is 13.2 Å².